The van der Waals surface area contributed by atoms with Crippen LogP contribution < -0.4 is 5.32 Å². The molecule has 0 amide bonds. The van der Waals surface area contributed by atoms with Crippen LogP contribution in [0.1, 0.15) is 33.1 Å². The smallest absolute Gasteiger partial charge is 0.319 e. The van der Waals surface area contributed by atoms with E-state index in [2.05, 4.69) is 12.2 Å². The molecule has 76 valence electrons. The lowest BCUT2D eigenvalue weighted by Crippen LogP contribution is -2.27. The molecule has 2 unspecified atom stereocenters. The fraction of sp³-hybridized carbons (Fsp3) is 0.900. The van der Waals surface area contributed by atoms with Gasteiger partial charge in [-0.25, -0.2) is 0 Å². The maximum atomic E-state index is 11.0. The van der Waals surface area contributed by atoms with Gasteiger partial charge in [0.2, 0.25) is 0 Å². The average molecular weight is 185 g/mol. The number of carbonyl (C=O) groups excluding carboxylic acids is 1. The predicted octanol–water partition coefficient (Wildman–Crippen LogP) is 1.33. The molecule has 0 saturated heterocycles. The summed E-state index contributed by atoms with van der Waals surface area (Å²) in [4.78, 5) is 11.0. The second-order valence-electron chi connectivity index (χ2n) is 3.58. The third-order valence-corrected chi connectivity index (χ3v) is 2.40. The highest BCUT2D eigenvalue weighted by Crippen LogP contribution is 2.34. The van der Waals surface area contributed by atoms with Crippen molar-refractivity contribution < 1.29 is 9.53 Å². The Bertz CT molecular complexity index is 170. The summed E-state index contributed by atoms with van der Waals surface area (Å²) in [6.07, 6.45) is 3.75. The second kappa shape index (κ2) is 5.22. The molecule has 1 N–H and O–H groups in total. The SMILES string of the molecule is CCCC1CC1NCC(=O)OCC. The number of carbonyl (C=O) groups is 1. The molecule has 0 heterocycles. The molecular weight excluding hydrogens is 166 g/mol. The van der Waals surface area contributed by atoms with E-state index in [1.54, 1.807) is 0 Å². The van der Waals surface area contributed by atoms with Crippen LogP contribution in [0.3, 0.4) is 0 Å². The normalized spacial score (nSPS) is 25.7. The van der Waals surface area contributed by atoms with Gasteiger partial charge < -0.3 is 10.1 Å². The van der Waals surface area contributed by atoms with Gasteiger partial charge in [0.25, 0.3) is 0 Å². The number of hydrogen-bond donors (Lipinski definition) is 1. The van der Waals surface area contributed by atoms with Crippen LogP contribution in [-0.2, 0) is 9.53 Å². The molecule has 2 atom stereocenters. The van der Waals surface area contributed by atoms with Gasteiger partial charge in [-0.3, -0.25) is 4.79 Å². The minimum atomic E-state index is -0.135. The standard InChI is InChI=1S/C10H19NO2/c1-3-5-8-6-9(8)11-7-10(12)13-4-2/h8-9,11H,3-7H2,1-2H3. The van der Waals surface area contributed by atoms with Crippen LogP contribution in [-0.4, -0.2) is 25.2 Å². The van der Waals surface area contributed by atoms with Crippen LogP contribution in [0.15, 0.2) is 0 Å². The van der Waals surface area contributed by atoms with Crippen molar-refractivity contribution in [1.82, 2.24) is 5.32 Å². The molecule has 1 rings (SSSR count). The summed E-state index contributed by atoms with van der Waals surface area (Å²) in [6.45, 7) is 4.87. The molecule has 13 heavy (non-hydrogen) atoms. The molecule has 0 aromatic carbocycles. The molecule has 0 aliphatic heterocycles. The summed E-state index contributed by atoms with van der Waals surface area (Å²) < 4.78 is 4.81. The van der Waals surface area contributed by atoms with Crippen molar-refractivity contribution in [1.29, 1.82) is 0 Å². The molecule has 0 aromatic rings. The highest BCUT2D eigenvalue weighted by Gasteiger charge is 2.35. The summed E-state index contributed by atoms with van der Waals surface area (Å²) in [6, 6.07) is 0.573. The van der Waals surface area contributed by atoms with E-state index in [-0.39, 0.29) is 5.97 Å². The molecule has 0 aromatic heterocycles. The number of ether oxygens (including phenoxy) is 1. The summed E-state index contributed by atoms with van der Waals surface area (Å²) in [7, 11) is 0. The topological polar surface area (TPSA) is 38.3 Å². The molecule has 1 aliphatic rings. The number of hydrogen-bond acceptors (Lipinski definition) is 3. The maximum absolute atomic E-state index is 11.0. The van der Waals surface area contributed by atoms with Crippen molar-refractivity contribution in [2.45, 2.75) is 39.2 Å². The lowest BCUT2D eigenvalue weighted by atomic mass is 10.2. The first kappa shape index (κ1) is 10.5. The van der Waals surface area contributed by atoms with Gasteiger partial charge in [-0.1, -0.05) is 13.3 Å². The van der Waals surface area contributed by atoms with E-state index in [9.17, 15) is 4.79 Å². The molecule has 3 heteroatoms. The van der Waals surface area contributed by atoms with Crippen molar-refractivity contribution in [3.05, 3.63) is 0 Å². The lowest BCUT2D eigenvalue weighted by Gasteiger charge is -2.03. The first-order chi connectivity index (χ1) is 6.27. The fourth-order valence-corrected chi connectivity index (χ4v) is 1.61. The number of rotatable bonds is 6. The van der Waals surface area contributed by atoms with Crippen molar-refractivity contribution >= 4 is 5.97 Å². The Morgan fingerprint density at radius 2 is 2.31 bits per heavy atom. The molecule has 1 saturated carbocycles. The summed E-state index contributed by atoms with van der Waals surface area (Å²) in [5.41, 5.74) is 0. The first-order valence-electron chi connectivity index (χ1n) is 5.16. The Morgan fingerprint density at radius 1 is 1.54 bits per heavy atom. The van der Waals surface area contributed by atoms with Gasteiger partial charge in [-0.2, -0.15) is 0 Å². The van der Waals surface area contributed by atoms with Crippen LogP contribution in [0.4, 0.5) is 0 Å². The minimum Gasteiger partial charge on any atom is -0.465 e. The Balaban J connectivity index is 1.99. The third-order valence-electron chi connectivity index (χ3n) is 2.40. The van der Waals surface area contributed by atoms with Gasteiger partial charge in [0, 0.05) is 6.04 Å². The zero-order valence-corrected chi connectivity index (χ0v) is 8.51. The lowest BCUT2D eigenvalue weighted by molar-refractivity contribution is -0.142. The van der Waals surface area contributed by atoms with Crippen molar-refractivity contribution in [3.63, 3.8) is 0 Å². The van der Waals surface area contributed by atoms with E-state index in [0.29, 0.717) is 19.2 Å². The molecular formula is C10H19NO2. The molecule has 1 aliphatic carbocycles. The highest BCUT2D eigenvalue weighted by molar-refractivity contribution is 5.71. The van der Waals surface area contributed by atoms with Crippen LogP contribution in [0, 0.1) is 5.92 Å². The van der Waals surface area contributed by atoms with E-state index in [1.165, 1.54) is 19.3 Å². The van der Waals surface area contributed by atoms with E-state index >= 15 is 0 Å². The van der Waals surface area contributed by atoms with E-state index < -0.39 is 0 Å². The fourth-order valence-electron chi connectivity index (χ4n) is 1.61. The Labute approximate surface area is 79.8 Å². The van der Waals surface area contributed by atoms with E-state index in [1.807, 2.05) is 6.92 Å². The quantitative estimate of drug-likeness (QED) is 0.634. The number of esters is 1. The Kier molecular flexibility index (Phi) is 4.22. The van der Waals surface area contributed by atoms with Gasteiger partial charge in [-0.05, 0) is 25.7 Å². The van der Waals surface area contributed by atoms with Gasteiger partial charge in [0.15, 0.2) is 0 Å². The molecule has 1 fully saturated rings. The van der Waals surface area contributed by atoms with Gasteiger partial charge in [0.05, 0.1) is 13.2 Å². The highest BCUT2D eigenvalue weighted by atomic mass is 16.5. The van der Waals surface area contributed by atoms with E-state index in [0.717, 1.165) is 5.92 Å². The van der Waals surface area contributed by atoms with Gasteiger partial charge in [0.1, 0.15) is 0 Å². The van der Waals surface area contributed by atoms with Crippen LogP contribution in [0.5, 0.6) is 0 Å². The Morgan fingerprint density at radius 3 is 2.92 bits per heavy atom. The van der Waals surface area contributed by atoms with Crippen molar-refractivity contribution in [2.75, 3.05) is 13.2 Å². The van der Waals surface area contributed by atoms with Crippen molar-refractivity contribution in [3.8, 4) is 0 Å². The molecule has 3 nitrogen and oxygen atoms in total. The average Bonchev–Trinajstić information content (AvgIpc) is 2.82. The molecule has 0 radical (unpaired) electrons. The van der Waals surface area contributed by atoms with Gasteiger partial charge >= 0.3 is 5.97 Å². The molecule has 0 spiro atoms. The number of nitrogens with one attached hydrogen (secondary N) is 1. The maximum Gasteiger partial charge on any atom is 0.319 e. The van der Waals surface area contributed by atoms with Crippen LogP contribution in [0.25, 0.3) is 0 Å². The van der Waals surface area contributed by atoms with Crippen LogP contribution in [0.2, 0.25) is 0 Å². The Hall–Kier alpha value is -0.570. The first-order valence-corrected chi connectivity index (χ1v) is 5.16. The largest absolute Gasteiger partial charge is 0.465 e. The zero-order chi connectivity index (χ0) is 9.68. The summed E-state index contributed by atoms with van der Waals surface area (Å²) >= 11 is 0. The van der Waals surface area contributed by atoms with Gasteiger partial charge in [-0.15, -0.1) is 0 Å². The van der Waals surface area contributed by atoms with E-state index in [4.69, 9.17) is 4.74 Å². The summed E-state index contributed by atoms with van der Waals surface area (Å²) in [5.74, 6) is 0.670. The zero-order valence-electron chi connectivity index (χ0n) is 8.51. The summed E-state index contributed by atoms with van der Waals surface area (Å²) in [5, 5.41) is 3.20. The van der Waals surface area contributed by atoms with Crippen LogP contribution >= 0.6 is 0 Å². The monoisotopic (exact) mass is 185 g/mol. The van der Waals surface area contributed by atoms with Crippen molar-refractivity contribution in [2.24, 2.45) is 5.92 Å². The third kappa shape index (κ3) is 3.77. The molecule has 0 bridgehead atoms. The predicted molar refractivity (Wildman–Crippen MR) is 51.4 cm³/mol. The second-order valence-corrected chi connectivity index (χ2v) is 3.58. The minimum absolute atomic E-state index is 0.135.